The lowest BCUT2D eigenvalue weighted by molar-refractivity contribution is 1.13. The highest BCUT2D eigenvalue weighted by Gasteiger charge is 1.99. The Kier molecular flexibility index (Phi) is 4.25. The molecule has 0 spiro atoms. The highest BCUT2D eigenvalue weighted by Crippen LogP contribution is 2.16. The molecular formula is C12H15N5S. The molecule has 2 rings (SSSR count). The lowest BCUT2D eigenvalue weighted by Gasteiger charge is -2.06. The molecule has 2 aromatic rings. The number of rotatable bonds is 5. The van der Waals surface area contributed by atoms with Crippen LogP contribution < -0.4 is 16.8 Å². The first-order valence-electron chi connectivity index (χ1n) is 5.56. The molecule has 0 saturated carbocycles. The molecule has 0 fully saturated rings. The second kappa shape index (κ2) is 6.11. The van der Waals surface area contributed by atoms with Gasteiger partial charge in [-0.25, -0.2) is 0 Å². The van der Waals surface area contributed by atoms with Gasteiger partial charge in [0.2, 0.25) is 5.95 Å². The van der Waals surface area contributed by atoms with Crippen LogP contribution in [0.2, 0.25) is 0 Å². The molecule has 6 heteroatoms. The van der Waals surface area contributed by atoms with Gasteiger partial charge in [-0.1, -0.05) is 18.2 Å². The molecule has 1 heterocycles. The SMILES string of the molecule is Nc1cc(NCCSc2ccccc2)nc(N)n1. The molecule has 1 aromatic carbocycles. The van der Waals surface area contributed by atoms with Gasteiger partial charge in [0, 0.05) is 23.3 Å². The molecular weight excluding hydrogens is 246 g/mol. The van der Waals surface area contributed by atoms with Gasteiger partial charge in [-0.05, 0) is 12.1 Å². The molecule has 18 heavy (non-hydrogen) atoms. The van der Waals surface area contributed by atoms with Crippen LogP contribution in [0.1, 0.15) is 0 Å². The first-order valence-corrected chi connectivity index (χ1v) is 6.54. The first-order chi connectivity index (χ1) is 8.74. The fraction of sp³-hybridized carbons (Fsp3) is 0.167. The molecule has 94 valence electrons. The minimum atomic E-state index is 0.188. The average Bonchev–Trinajstić information content (AvgIpc) is 2.35. The highest BCUT2D eigenvalue weighted by atomic mass is 32.2. The summed E-state index contributed by atoms with van der Waals surface area (Å²) < 4.78 is 0. The molecule has 0 aliphatic rings. The number of thioether (sulfide) groups is 1. The standard InChI is InChI=1S/C12H15N5S/c13-10-8-11(17-12(14)16-10)15-6-7-18-9-4-2-1-3-5-9/h1-5,8H,6-7H2,(H5,13,14,15,16,17). The van der Waals surface area contributed by atoms with E-state index in [1.807, 2.05) is 18.2 Å². The van der Waals surface area contributed by atoms with Crippen molar-refractivity contribution in [2.24, 2.45) is 0 Å². The summed E-state index contributed by atoms with van der Waals surface area (Å²) in [7, 11) is 0. The molecule has 0 atom stereocenters. The largest absolute Gasteiger partial charge is 0.383 e. The first kappa shape index (κ1) is 12.5. The van der Waals surface area contributed by atoms with E-state index >= 15 is 0 Å². The quantitative estimate of drug-likeness (QED) is 0.562. The zero-order valence-electron chi connectivity index (χ0n) is 9.84. The van der Waals surface area contributed by atoms with Crippen molar-refractivity contribution in [2.75, 3.05) is 29.1 Å². The van der Waals surface area contributed by atoms with Gasteiger partial charge in [0.05, 0.1) is 0 Å². The highest BCUT2D eigenvalue weighted by molar-refractivity contribution is 7.99. The number of nitrogen functional groups attached to an aromatic ring is 2. The van der Waals surface area contributed by atoms with Crippen LogP contribution in [0.3, 0.4) is 0 Å². The Morgan fingerprint density at radius 1 is 1.11 bits per heavy atom. The maximum absolute atomic E-state index is 5.58. The third-order valence-electron chi connectivity index (χ3n) is 2.18. The van der Waals surface area contributed by atoms with Gasteiger partial charge in [0.1, 0.15) is 11.6 Å². The van der Waals surface area contributed by atoms with E-state index in [2.05, 4.69) is 27.4 Å². The summed E-state index contributed by atoms with van der Waals surface area (Å²) in [4.78, 5) is 9.11. The summed E-state index contributed by atoms with van der Waals surface area (Å²) in [5.41, 5.74) is 11.1. The molecule has 5 N–H and O–H groups in total. The Morgan fingerprint density at radius 3 is 2.61 bits per heavy atom. The van der Waals surface area contributed by atoms with Crippen molar-refractivity contribution in [3.05, 3.63) is 36.4 Å². The molecule has 0 radical (unpaired) electrons. The number of benzene rings is 1. The van der Waals surface area contributed by atoms with E-state index in [4.69, 9.17) is 11.5 Å². The van der Waals surface area contributed by atoms with E-state index in [-0.39, 0.29) is 5.95 Å². The number of aromatic nitrogens is 2. The maximum atomic E-state index is 5.58. The third-order valence-corrected chi connectivity index (χ3v) is 3.20. The molecule has 0 amide bonds. The van der Waals surface area contributed by atoms with E-state index < -0.39 is 0 Å². The van der Waals surface area contributed by atoms with Crippen molar-refractivity contribution in [1.82, 2.24) is 9.97 Å². The summed E-state index contributed by atoms with van der Waals surface area (Å²) in [6.45, 7) is 0.787. The molecule has 0 unspecified atom stereocenters. The summed E-state index contributed by atoms with van der Waals surface area (Å²) >= 11 is 1.78. The third kappa shape index (κ3) is 3.81. The van der Waals surface area contributed by atoms with Crippen LogP contribution in [0.4, 0.5) is 17.6 Å². The van der Waals surface area contributed by atoms with Crippen LogP contribution in [0.5, 0.6) is 0 Å². The smallest absolute Gasteiger partial charge is 0.223 e. The van der Waals surface area contributed by atoms with Crippen LogP contribution in [-0.4, -0.2) is 22.3 Å². The Labute approximate surface area is 110 Å². The van der Waals surface area contributed by atoms with Crippen LogP contribution in [0.25, 0.3) is 0 Å². The normalized spacial score (nSPS) is 10.2. The molecule has 5 nitrogen and oxygen atoms in total. The number of anilines is 3. The van der Waals surface area contributed by atoms with Crippen LogP contribution in [0.15, 0.2) is 41.3 Å². The van der Waals surface area contributed by atoms with Crippen molar-refractivity contribution in [1.29, 1.82) is 0 Å². The van der Waals surface area contributed by atoms with Crippen molar-refractivity contribution in [2.45, 2.75) is 4.90 Å². The van der Waals surface area contributed by atoms with E-state index in [9.17, 15) is 0 Å². The second-order valence-corrected chi connectivity index (χ2v) is 4.79. The maximum Gasteiger partial charge on any atom is 0.223 e. The monoisotopic (exact) mass is 261 g/mol. The van der Waals surface area contributed by atoms with Gasteiger partial charge in [-0.3, -0.25) is 0 Å². The van der Waals surface area contributed by atoms with Gasteiger partial charge in [-0.2, -0.15) is 9.97 Å². The molecule has 1 aromatic heterocycles. The molecule has 0 aliphatic carbocycles. The Bertz CT molecular complexity index is 483. The second-order valence-electron chi connectivity index (χ2n) is 3.62. The van der Waals surface area contributed by atoms with Gasteiger partial charge in [-0.15, -0.1) is 11.8 Å². The zero-order chi connectivity index (χ0) is 12.8. The summed E-state index contributed by atoms with van der Waals surface area (Å²) in [6, 6.07) is 11.9. The number of nitrogens with two attached hydrogens (primary N) is 2. The number of hydrogen-bond acceptors (Lipinski definition) is 6. The average molecular weight is 261 g/mol. The van der Waals surface area contributed by atoms with Crippen molar-refractivity contribution < 1.29 is 0 Å². The number of hydrogen-bond donors (Lipinski definition) is 3. The van der Waals surface area contributed by atoms with E-state index in [1.54, 1.807) is 17.8 Å². The molecule has 0 bridgehead atoms. The van der Waals surface area contributed by atoms with E-state index in [0.29, 0.717) is 11.6 Å². The fourth-order valence-corrected chi connectivity index (χ4v) is 2.23. The van der Waals surface area contributed by atoms with Crippen LogP contribution >= 0.6 is 11.8 Å². The lowest BCUT2D eigenvalue weighted by Crippen LogP contribution is -2.08. The Morgan fingerprint density at radius 2 is 1.89 bits per heavy atom. The van der Waals surface area contributed by atoms with Gasteiger partial charge in [0.25, 0.3) is 0 Å². The predicted molar refractivity (Wildman–Crippen MR) is 76.5 cm³/mol. The summed E-state index contributed by atoms with van der Waals surface area (Å²) in [6.07, 6.45) is 0. The van der Waals surface area contributed by atoms with Crippen molar-refractivity contribution >= 4 is 29.3 Å². The van der Waals surface area contributed by atoms with Crippen LogP contribution in [-0.2, 0) is 0 Å². The van der Waals surface area contributed by atoms with Gasteiger partial charge >= 0.3 is 0 Å². The van der Waals surface area contributed by atoms with Gasteiger partial charge < -0.3 is 16.8 Å². The summed E-state index contributed by atoms with van der Waals surface area (Å²) in [5.74, 6) is 2.16. The van der Waals surface area contributed by atoms with Crippen LogP contribution in [0, 0.1) is 0 Å². The predicted octanol–water partition coefficient (Wildman–Crippen LogP) is 1.85. The van der Waals surface area contributed by atoms with Gasteiger partial charge in [0.15, 0.2) is 0 Å². The minimum Gasteiger partial charge on any atom is -0.383 e. The zero-order valence-corrected chi connectivity index (χ0v) is 10.7. The Hall–Kier alpha value is -1.95. The van der Waals surface area contributed by atoms with Crippen molar-refractivity contribution in [3.63, 3.8) is 0 Å². The minimum absolute atomic E-state index is 0.188. The Balaban J connectivity index is 1.78. The topological polar surface area (TPSA) is 89.8 Å². The van der Waals surface area contributed by atoms with Crippen molar-refractivity contribution in [3.8, 4) is 0 Å². The molecule has 0 saturated heterocycles. The fourth-order valence-electron chi connectivity index (χ4n) is 1.44. The number of nitrogens with zero attached hydrogens (tertiary/aromatic N) is 2. The van der Waals surface area contributed by atoms with E-state index in [1.165, 1.54) is 4.90 Å². The lowest BCUT2D eigenvalue weighted by atomic mass is 10.4. The number of nitrogens with one attached hydrogen (secondary N) is 1. The summed E-state index contributed by atoms with van der Waals surface area (Å²) in [5, 5.41) is 3.16. The molecule has 0 aliphatic heterocycles. The van der Waals surface area contributed by atoms with E-state index in [0.717, 1.165) is 12.3 Å².